The number of hydrogen-bond acceptors (Lipinski definition) is 3. The lowest BCUT2D eigenvalue weighted by atomic mass is 10.0. The molecule has 2 rings (SSSR count). The minimum atomic E-state index is 0.528. The standard InChI is InChI=1S/C15H26N2S/c1-12(2)17(10-15-6-4-5-8-16-15)13(3)14-7-9-18-11-14/h7,9,11-13,15-16H,4-6,8,10H2,1-3H3. The number of piperidine rings is 1. The summed E-state index contributed by atoms with van der Waals surface area (Å²) in [6.07, 6.45) is 4.06. The Morgan fingerprint density at radius 1 is 1.39 bits per heavy atom. The van der Waals surface area contributed by atoms with Gasteiger partial charge in [0, 0.05) is 24.7 Å². The van der Waals surface area contributed by atoms with E-state index >= 15 is 0 Å². The van der Waals surface area contributed by atoms with E-state index in [0.717, 1.165) is 0 Å². The first-order valence-corrected chi connectivity index (χ1v) is 8.14. The van der Waals surface area contributed by atoms with Gasteiger partial charge in [0.05, 0.1) is 0 Å². The maximum atomic E-state index is 3.67. The minimum Gasteiger partial charge on any atom is -0.313 e. The molecule has 0 amide bonds. The smallest absolute Gasteiger partial charge is 0.0331 e. The van der Waals surface area contributed by atoms with Gasteiger partial charge >= 0.3 is 0 Å². The van der Waals surface area contributed by atoms with Crippen molar-refractivity contribution in [2.75, 3.05) is 13.1 Å². The van der Waals surface area contributed by atoms with E-state index < -0.39 is 0 Å². The molecule has 0 radical (unpaired) electrons. The number of thiophene rings is 1. The van der Waals surface area contributed by atoms with Gasteiger partial charge in [0.15, 0.2) is 0 Å². The third-order valence-corrected chi connectivity index (χ3v) is 4.73. The van der Waals surface area contributed by atoms with Crippen LogP contribution in [0.15, 0.2) is 16.8 Å². The largest absolute Gasteiger partial charge is 0.313 e. The molecule has 0 aromatic carbocycles. The molecule has 1 aromatic rings. The number of nitrogens with one attached hydrogen (secondary N) is 1. The van der Waals surface area contributed by atoms with Crippen LogP contribution in [-0.2, 0) is 0 Å². The van der Waals surface area contributed by atoms with Crippen molar-refractivity contribution in [1.29, 1.82) is 0 Å². The van der Waals surface area contributed by atoms with Crippen molar-refractivity contribution in [3.05, 3.63) is 22.4 Å². The highest BCUT2D eigenvalue weighted by Gasteiger charge is 2.23. The highest BCUT2D eigenvalue weighted by molar-refractivity contribution is 7.07. The molecule has 0 aliphatic carbocycles. The van der Waals surface area contributed by atoms with Crippen LogP contribution in [0.2, 0.25) is 0 Å². The van der Waals surface area contributed by atoms with Crippen LogP contribution < -0.4 is 5.32 Å². The summed E-state index contributed by atoms with van der Waals surface area (Å²) in [5, 5.41) is 8.14. The Bertz CT molecular complexity index is 328. The van der Waals surface area contributed by atoms with Crippen LogP contribution in [0.1, 0.15) is 51.6 Å². The van der Waals surface area contributed by atoms with Crippen LogP contribution in [0.25, 0.3) is 0 Å². The Morgan fingerprint density at radius 2 is 2.22 bits per heavy atom. The van der Waals surface area contributed by atoms with Gasteiger partial charge in [-0.1, -0.05) is 6.42 Å². The maximum absolute atomic E-state index is 3.67. The molecule has 2 atom stereocenters. The first kappa shape index (κ1) is 14.0. The molecule has 0 bridgehead atoms. The summed E-state index contributed by atoms with van der Waals surface area (Å²) in [7, 11) is 0. The molecule has 1 fully saturated rings. The fourth-order valence-electron chi connectivity index (χ4n) is 2.85. The molecule has 0 spiro atoms. The predicted molar refractivity (Wildman–Crippen MR) is 80.2 cm³/mol. The van der Waals surface area contributed by atoms with Gasteiger partial charge in [0.25, 0.3) is 0 Å². The molecule has 0 saturated carbocycles. The van der Waals surface area contributed by atoms with Gasteiger partial charge in [-0.15, -0.1) is 0 Å². The van der Waals surface area contributed by atoms with E-state index in [1.54, 1.807) is 11.3 Å². The molecule has 1 aliphatic heterocycles. The SMILES string of the molecule is CC(C)N(CC1CCCCN1)C(C)c1ccsc1. The van der Waals surface area contributed by atoms with Gasteiger partial charge in [-0.05, 0) is 62.5 Å². The molecule has 3 heteroatoms. The molecule has 2 nitrogen and oxygen atoms in total. The molecular weight excluding hydrogens is 240 g/mol. The second-order valence-electron chi connectivity index (χ2n) is 5.67. The fourth-order valence-corrected chi connectivity index (χ4v) is 3.60. The van der Waals surface area contributed by atoms with Crippen LogP contribution in [-0.4, -0.2) is 30.1 Å². The summed E-state index contributed by atoms with van der Waals surface area (Å²) in [5.74, 6) is 0. The second-order valence-corrected chi connectivity index (χ2v) is 6.45. The molecule has 1 N–H and O–H groups in total. The lowest BCUT2D eigenvalue weighted by molar-refractivity contribution is 0.138. The van der Waals surface area contributed by atoms with Crippen molar-refractivity contribution in [3.63, 3.8) is 0 Å². The summed E-state index contributed by atoms with van der Waals surface area (Å²) in [5.41, 5.74) is 1.46. The quantitative estimate of drug-likeness (QED) is 0.875. The van der Waals surface area contributed by atoms with Crippen LogP contribution in [0.5, 0.6) is 0 Å². The van der Waals surface area contributed by atoms with Gasteiger partial charge in [-0.25, -0.2) is 0 Å². The molecule has 2 heterocycles. The van der Waals surface area contributed by atoms with Gasteiger partial charge in [-0.2, -0.15) is 11.3 Å². The zero-order chi connectivity index (χ0) is 13.0. The van der Waals surface area contributed by atoms with E-state index in [1.807, 2.05) is 0 Å². The normalized spacial score (nSPS) is 22.6. The molecule has 1 saturated heterocycles. The lowest BCUT2D eigenvalue weighted by Crippen LogP contribution is -2.46. The Labute approximate surface area is 115 Å². The number of rotatable bonds is 5. The van der Waals surface area contributed by atoms with Gasteiger partial charge in [0.1, 0.15) is 0 Å². The third-order valence-electron chi connectivity index (χ3n) is 4.03. The number of hydrogen-bond donors (Lipinski definition) is 1. The zero-order valence-electron chi connectivity index (χ0n) is 11.9. The van der Waals surface area contributed by atoms with Crippen molar-refractivity contribution >= 4 is 11.3 Å². The van der Waals surface area contributed by atoms with E-state index in [9.17, 15) is 0 Å². The first-order valence-electron chi connectivity index (χ1n) is 7.19. The van der Waals surface area contributed by atoms with Crippen molar-refractivity contribution in [3.8, 4) is 0 Å². The Kier molecular flexibility index (Phi) is 5.22. The highest BCUT2D eigenvalue weighted by atomic mass is 32.1. The van der Waals surface area contributed by atoms with Gasteiger partial charge < -0.3 is 5.32 Å². The summed E-state index contributed by atoms with van der Waals surface area (Å²) in [4.78, 5) is 2.63. The average Bonchev–Trinajstić information content (AvgIpc) is 2.90. The topological polar surface area (TPSA) is 15.3 Å². The third kappa shape index (κ3) is 3.56. The van der Waals surface area contributed by atoms with Crippen molar-refractivity contribution in [2.45, 2.75) is 58.2 Å². The molecule has 2 unspecified atom stereocenters. The fraction of sp³-hybridized carbons (Fsp3) is 0.733. The lowest BCUT2D eigenvalue weighted by Gasteiger charge is -2.37. The Balaban J connectivity index is 1.98. The monoisotopic (exact) mass is 266 g/mol. The first-order chi connectivity index (χ1) is 8.68. The van der Waals surface area contributed by atoms with Crippen molar-refractivity contribution < 1.29 is 0 Å². The molecule has 1 aliphatic rings. The average molecular weight is 266 g/mol. The molecule has 18 heavy (non-hydrogen) atoms. The molecular formula is C15H26N2S. The predicted octanol–water partition coefficient (Wildman–Crippen LogP) is 3.66. The molecule has 1 aromatic heterocycles. The van der Waals surface area contributed by atoms with Crippen molar-refractivity contribution in [2.24, 2.45) is 0 Å². The zero-order valence-corrected chi connectivity index (χ0v) is 12.7. The van der Waals surface area contributed by atoms with E-state index in [1.165, 1.54) is 37.9 Å². The van der Waals surface area contributed by atoms with E-state index in [0.29, 0.717) is 18.1 Å². The summed E-state index contributed by atoms with van der Waals surface area (Å²) in [6.45, 7) is 9.33. The van der Waals surface area contributed by atoms with Crippen LogP contribution in [0.4, 0.5) is 0 Å². The van der Waals surface area contributed by atoms with E-state index in [4.69, 9.17) is 0 Å². The highest BCUT2D eigenvalue weighted by Crippen LogP contribution is 2.25. The van der Waals surface area contributed by atoms with Crippen LogP contribution in [0, 0.1) is 0 Å². The van der Waals surface area contributed by atoms with Gasteiger partial charge in [-0.3, -0.25) is 4.90 Å². The minimum absolute atomic E-state index is 0.528. The number of nitrogens with zero attached hydrogens (tertiary/aromatic N) is 1. The van der Waals surface area contributed by atoms with E-state index in [-0.39, 0.29) is 0 Å². The van der Waals surface area contributed by atoms with Crippen LogP contribution in [0.3, 0.4) is 0 Å². The Hall–Kier alpha value is -0.380. The maximum Gasteiger partial charge on any atom is 0.0331 e. The van der Waals surface area contributed by atoms with Crippen LogP contribution >= 0.6 is 11.3 Å². The summed E-state index contributed by atoms with van der Waals surface area (Å²) >= 11 is 1.80. The Morgan fingerprint density at radius 3 is 2.78 bits per heavy atom. The van der Waals surface area contributed by atoms with Gasteiger partial charge in [0.2, 0.25) is 0 Å². The van der Waals surface area contributed by atoms with Crippen molar-refractivity contribution in [1.82, 2.24) is 10.2 Å². The van der Waals surface area contributed by atoms with E-state index in [2.05, 4.69) is 47.8 Å². The second kappa shape index (κ2) is 6.69. The summed E-state index contributed by atoms with van der Waals surface area (Å²) in [6, 6.07) is 4.07. The molecule has 102 valence electrons. The summed E-state index contributed by atoms with van der Waals surface area (Å²) < 4.78 is 0.